The first-order valence-corrected chi connectivity index (χ1v) is 6.28. The lowest BCUT2D eigenvalue weighted by atomic mass is 10.1. The van der Waals surface area contributed by atoms with E-state index in [9.17, 15) is 0 Å². The first-order valence-electron chi connectivity index (χ1n) is 6.28. The number of morpholine rings is 1. The number of hydrogen-bond acceptors (Lipinski definition) is 5. The normalized spacial score (nSPS) is 28.2. The van der Waals surface area contributed by atoms with Crippen molar-refractivity contribution in [1.82, 2.24) is 9.97 Å². The lowest BCUT2D eigenvalue weighted by Crippen LogP contribution is -2.49. The Balaban J connectivity index is 1.91. The molecule has 1 aliphatic heterocycles. The second kappa shape index (κ2) is 4.58. The highest BCUT2D eigenvalue weighted by molar-refractivity contribution is 5.45. The molecular weight excluding hydrogens is 216 g/mol. The lowest BCUT2D eigenvalue weighted by Gasteiger charge is -2.38. The minimum atomic E-state index is 0.372. The van der Waals surface area contributed by atoms with Gasteiger partial charge in [-0.1, -0.05) is 0 Å². The van der Waals surface area contributed by atoms with Crippen LogP contribution in [0.3, 0.4) is 0 Å². The van der Waals surface area contributed by atoms with E-state index >= 15 is 0 Å². The molecule has 0 amide bonds. The van der Waals surface area contributed by atoms with Crippen molar-refractivity contribution >= 4 is 5.82 Å². The van der Waals surface area contributed by atoms with Crippen LogP contribution in [0.2, 0.25) is 0 Å². The summed E-state index contributed by atoms with van der Waals surface area (Å²) < 4.78 is 5.81. The molecule has 1 saturated heterocycles. The maximum absolute atomic E-state index is 5.81. The van der Waals surface area contributed by atoms with Crippen LogP contribution in [-0.4, -0.2) is 35.3 Å². The van der Waals surface area contributed by atoms with Crippen molar-refractivity contribution in [3.63, 3.8) is 0 Å². The Hall–Kier alpha value is -1.20. The summed E-state index contributed by atoms with van der Waals surface area (Å²) >= 11 is 0. The minimum absolute atomic E-state index is 0.372. The van der Waals surface area contributed by atoms with Gasteiger partial charge in [-0.05, 0) is 19.3 Å². The van der Waals surface area contributed by atoms with Crippen molar-refractivity contribution < 1.29 is 4.74 Å². The van der Waals surface area contributed by atoms with Crippen LogP contribution in [0.5, 0.6) is 0 Å². The molecule has 2 atom stereocenters. The summed E-state index contributed by atoms with van der Waals surface area (Å²) in [6.07, 6.45) is 7.41. The Morgan fingerprint density at radius 3 is 3.12 bits per heavy atom. The predicted octanol–water partition coefficient (Wildman–Crippen LogP) is 0.693. The molecule has 2 aliphatic rings. The highest BCUT2D eigenvalue weighted by Crippen LogP contribution is 2.32. The third-order valence-corrected chi connectivity index (χ3v) is 3.70. The molecule has 2 fully saturated rings. The molecule has 1 aliphatic carbocycles. The Bertz CT molecular complexity index is 398. The van der Waals surface area contributed by atoms with Crippen molar-refractivity contribution in [2.24, 2.45) is 5.73 Å². The summed E-state index contributed by atoms with van der Waals surface area (Å²) in [6.45, 7) is 2.12. The molecule has 92 valence electrons. The lowest BCUT2D eigenvalue weighted by molar-refractivity contribution is 0.0252. The van der Waals surface area contributed by atoms with E-state index < -0.39 is 0 Å². The Kier molecular flexibility index (Phi) is 2.94. The van der Waals surface area contributed by atoms with E-state index in [2.05, 4.69) is 14.9 Å². The Morgan fingerprint density at radius 1 is 1.35 bits per heavy atom. The van der Waals surface area contributed by atoms with Crippen LogP contribution in [0, 0.1) is 0 Å². The molecule has 0 spiro atoms. The summed E-state index contributed by atoms with van der Waals surface area (Å²) in [5.41, 5.74) is 6.62. The smallest absolute Gasteiger partial charge is 0.152 e. The molecule has 2 unspecified atom stereocenters. The second-order valence-corrected chi connectivity index (χ2v) is 4.63. The molecular formula is C12H18N4O. The van der Waals surface area contributed by atoms with Crippen LogP contribution < -0.4 is 10.6 Å². The SMILES string of the molecule is NCc1nccnc1N1CCOC2CCCC21. The first-order chi connectivity index (χ1) is 8.40. The molecule has 0 radical (unpaired) electrons. The number of fused-ring (bicyclic) bond motifs is 1. The predicted molar refractivity (Wildman–Crippen MR) is 64.6 cm³/mol. The fourth-order valence-electron chi connectivity index (χ4n) is 2.93. The van der Waals surface area contributed by atoms with E-state index in [4.69, 9.17) is 10.5 Å². The summed E-state index contributed by atoms with van der Waals surface area (Å²) in [4.78, 5) is 11.1. The van der Waals surface area contributed by atoms with E-state index in [1.807, 2.05) is 0 Å². The minimum Gasteiger partial charge on any atom is -0.374 e. The molecule has 3 rings (SSSR count). The van der Waals surface area contributed by atoms with Gasteiger partial charge in [0.2, 0.25) is 0 Å². The average Bonchev–Trinajstić information content (AvgIpc) is 2.86. The van der Waals surface area contributed by atoms with Gasteiger partial charge in [-0.3, -0.25) is 4.98 Å². The van der Waals surface area contributed by atoms with Crippen LogP contribution in [0.1, 0.15) is 25.0 Å². The molecule has 1 saturated carbocycles. The van der Waals surface area contributed by atoms with Gasteiger partial charge < -0.3 is 15.4 Å². The number of ether oxygens (including phenoxy) is 1. The zero-order chi connectivity index (χ0) is 11.7. The van der Waals surface area contributed by atoms with E-state index in [-0.39, 0.29) is 0 Å². The van der Waals surface area contributed by atoms with Gasteiger partial charge in [0.1, 0.15) is 0 Å². The topological polar surface area (TPSA) is 64.3 Å². The number of nitrogens with zero attached hydrogens (tertiary/aromatic N) is 3. The third-order valence-electron chi connectivity index (χ3n) is 3.70. The van der Waals surface area contributed by atoms with Gasteiger partial charge in [-0.15, -0.1) is 0 Å². The number of nitrogens with two attached hydrogens (primary N) is 1. The summed E-state index contributed by atoms with van der Waals surface area (Å²) in [6, 6.07) is 0.464. The van der Waals surface area contributed by atoms with Crippen LogP contribution in [0.15, 0.2) is 12.4 Å². The van der Waals surface area contributed by atoms with Crippen LogP contribution >= 0.6 is 0 Å². The first kappa shape index (κ1) is 10.9. The summed E-state index contributed by atoms with van der Waals surface area (Å²) in [5, 5.41) is 0. The zero-order valence-corrected chi connectivity index (χ0v) is 9.88. The second-order valence-electron chi connectivity index (χ2n) is 4.63. The molecule has 5 heteroatoms. The van der Waals surface area contributed by atoms with Crippen molar-refractivity contribution in [2.75, 3.05) is 18.1 Å². The van der Waals surface area contributed by atoms with Crippen molar-refractivity contribution in [3.05, 3.63) is 18.1 Å². The summed E-state index contributed by atoms with van der Waals surface area (Å²) in [7, 11) is 0. The molecule has 5 nitrogen and oxygen atoms in total. The van der Waals surface area contributed by atoms with Gasteiger partial charge in [0.05, 0.1) is 24.4 Å². The highest BCUT2D eigenvalue weighted by Gasteiger charge is 2.37. The van der Waals surface area contributed by atoms with Crippen LogP contribution in [-0.2, 0) is 11.3 Å². The van der Waals surface area contributed by atoms with E-state index in [0.717, 1.165) is 24.7 Å². The van der Waals surface area contributed by atoms with Crippen LogP contribution in [0.4, 0.5) is 5.82 Å². The van der Waals surface area contributed by atoms with Gasteiger partial charge >= 0.3 is 0 Å². The number of rotatable bonds is 2. The van der Waals surface area contributed by atoms with E-state index in [1.54, 1.807) is 12.4 Å². The molecule has 0 bridgehead atoms. The number of aromatic nitrogens is 2. The van der Waals surface area contributed by atoms with E-state index in [0.29, 0.717) is 18.7 Å². The van der Waals surface area contributed by atoms with Crippen molar-refractivity contribution in [1.29, 1.82) is 0 Å². The monoisotopic (exact) mass is 234 g/mol. The van der Waals surface area contributed by atoms with Gasteiger partial charge in [-0.25, -0.2) is 4.98 Å². The number of anilines is 1. The molecule has 17 heavy (non-hydrogen) atoms. The van der Waals surface area contributed by atoms with E-state index in [1.165, 1.54) is 19.3 Å². The third kappa shape index (κ3) is 1.89. The van der Waals surface area contributed by atoms with Gasteiger partial charge in [0.15, 0.2) is 5.82 Å². The quantitative estimate of drug-likeness (QED) is 0.815. The van der Waals surface area contributed by atoms with Crippen LogP contribution in [0.25, 0.3) is 0 Å². The zero-order valence-electron chi connectivity index (χ0n) is 9.88. The Labute approximate surface area is 101 Å². The largest absolute Gasteiger partial charge is 0.374 e. The standard InChI is InChI=1S/C12H18N4O/c13-8-9-12(15-5-4-14-9)16-6-7-17-11-3-1-2-10(11)16/h4-5,10-11H,1-3,6-8,13H2. The molecule has 2 N–H and O–H groups in total. The van der Waals surface area contributed by atoms with Crippen molar-refractivity contribution in [2.45, 2.75) is 38.0 Å². The fourth-order valence-corrected chi connectivity index (χ4v) is 2.93. The highest BCUT2D eigenvalue weighted by atomic mass is 16.5. The van der Waals surface area contributed by atoms with Gasteiger partial charge in [0.25, 0.3) is 0 Å². The maximum atomic E-state index is 5.81. The Morgan fingerprint density at radius 2 is 2.24 bits per heavy atom. The average molecular weight is 234 g/mol. The van der Waals surface area contributed by atoms with Gasteiger partial charge in [0, 0.05) is 25.5 Å². The summed E-state index contributed by atoms with van der Waals surface area (Å²) in [5.74, 6) is 0.954. The molecule has 2 heterocycles. The fraction of sp³-hybridized carbons (Fsp3) is 0.667. The molecule has 1 aromatic heterocycles. The van der Waals surface area contributed by atoms with Gasteiger partial charge in [-0.2, -0.15) is 0 Å². The molecule has 0 aromatic carbocycles. The maximum Gasteiger partial charge on any atom is 0.152 e. The molecule has 1 aromatic rings. The van der Waals surface area contributed by atoms with Crippen molar-refractivity contribution in [3.8, 4) is 0 Å². The number of hydrogen-bond donors (Lipinski definition) is 1.